The van der Waals surface area contributed by atoms with Gasteiger partial charge in [0.25, 0.3) is 0 Å². The lowest BCUT2D eigenvalue weighted by Crippen LogP contribution is -2.29. The molecule has 0 spiro atoms. The first-order valence-electron chi connectivity index (χ1n) is 4.88. The molecular formula is C11H14N2O2. The zero-order valence-electron chi connectivity index (χ0n) is 8.86. The van der Waals surface area contributed by atoms with E-state index in [1.165, 1.54) is 5.56 Å². The second-order valence-corrected chi connectivity index (χ2v) is 3.62. The Morgan fingerprint density at radius 1 is 1.40 bits per heavy atom. The van der Waals surface area contributed by atoms with Crippen molar-refractivity contribution < 1.29 is 9.53 Å². The van der Waals surface area contributed by atoms with Gasteiger partial charge in [-0.2, -0.15) is 0 Å². The first-order valence-corrected chi connectivity index (χ1v) is 4.88. The molecule has 1 N–H and O–H groups in total. The molecule has 1 aromatic rings. The number of methoxy groups -OCH3 is 1. The molecule has 1 saturated heterocycles. The van der Waals surface area contributed by atoms with Crippen LogP contribution in [0.3, 0.4) is 0 Å². The second kappa shape index (κ2) is 3.90. The molecule has 1 aliphatic rings. The summed E-state index contributed by atoms with van der Waals surface area (Å²) in [5, 5.41) is 2.73. The minimum absolute atomic E-state index is 0.106. The Labute approximate surface area is 88.8 Å². The van der Waals surface area contributed by atoms with E-state index in [1.807, 2.05) is 31.2 Å². The van der Waals surface area contributed by atoms with Gasteiger partial charge < -0.3 is 10.1 Å². The van der Waals surface area contributed by atoms with E-state index in [0.717, 1.165) is 5.69 Å². The molecule has 1 fully saturated rings. The van der Waals surface area contributed by atoms with Crippen molar-refractivity contribution in [3.8, 4) is 0 Å². The Hall–Kier alpha value is -1.55. The molecular weight excluding hydrogens is 192 g/mol. The van der Waals surface area contributed by atoms with E-state index in [0.29, 0.717) is 6.54 Å². The van der Waals surface area contributed by atoms with Crippen LogP contribution in [0.2, 0.25) is 0 Å². The summed E-state index contributed by atoms with van der Waals surface area (Å²) in [5.74, 6) is 0. The van der Waals surface area contributed by atoms with Crippen LogP contribution in [0.5, 0.6) is 0 Å². The van der Waals surface area contributed by atoms with E-state index < -0.39 is 0 Å². The molecule has 1 atom stereocenters. The first-order chi connectivity index (χ1) is 7.20. The number of urea groups is 1. The number of nitrogens with zero attached hydrogens (tertiary/aromatic N) is 1. The van der Waals surface area contributed by atoms with Crippen LogP contribution in [0, 0.1) is 6.92 Å². The number of carbonyl (C=O) groups is 1. The van der Waals surface area contributed by atoms with Crippen molar-refractivity contribution in [2.75, 3.05) is 18.6 Å². The van der Waals surface area contributed by atoms with Gasteiger partial charge in [0.1, 0.15) is 6.23 Å². The Kier molecular flexibility index (Phi) is 2.60. The topological polar surface area (TPSA) is 41.6 Å². The molecule has 2 rings (SSSR count). The molecule has 15 heavy (non-hydrogen) atoms. The highest BCUT2D eigenvalue weighted by molar-refractivity contribution is 5.94. The third kappa shape index (κ3) is 1.94. The van der Waals surface area contributed by atoms with Crippen molar-refractivity contribution in [1.82, 2.24) is 5.32 Å². The zero-order valence-corrected chi connectivity index (χ0v) is 8.86. The molecule has 0 aromatic heterocycles. The Morgan fingerprint density at radius 2 is 2.07 bits per heavy atom. The maximum absolute atomic E-state index is 11.6. The number of carbonyl (C=O) groups excluding carboxylic acids is 1. The van der Waals surface area contributed by atoms with Gasteiger partial charge in [-0.1, -0.05) is 17.7 Å². The van der Waals surface area contributed by atoms with Gasteiger partial charge in [-0.15, -0.1) is 0 Å². The summed E-state index contributed by atoms with van der Waals surface area (Å²) in [7, 11) is 1.59. The average Bonchev–Trinajstić information content (AvgIpc) is 2.61. The predicted octanol–water partition coefficient (Wildman–Crippen LogP) is 1.50. The quantitative estimate of drug-likeness (QED) is 0.796. The summed E-state index contributed by atoms with van der Waals surface area (Å²) in [6.45, 7) is 2.57. The van der Waals surface area contributed by atoms with Crippen molar-refractivity contribution in [3.63, 3.8) is 0 Å². The summed E-state index contributed by atoms with van der Waals surface area (Å²) in [6, 6.07) is 7.75. The van der Waals surface area contributed by atoms with Gasteiger partial charge in [-0.25, -0.2) is 4.79 Å². The lowest BCUT2D eigenvalue weighted by molar-refractivity contribution is 0.105. The van der Waals surface area contributed by atoms with E-state index >= 15 is 0 Å². The number of anilines is 1. The van der Waals surface area contributed by atoms with Crippen LogP contribution in [0.1, 0.15) is 5.56 Å². The Morgan fingerprint density at radius 3 is 2.60 bits per heavy atom. The van der Waals surface area contributed by atoms with Crippen LogP contribution < -0.4 is 10.2 Å². The third-order valence-electron chi connectivity index (χ3n) is 2.51. The number of aryl methyl sites for hydroxylation is 1. The van der Waals surface area contributed by atoms with Crippen LogP contribution in [0.4, 0.5) is 10.5 Å². The maximum atomic E-state index is 11.6. The predicted molar refractivity (Wildman–Crippen MR) is 57.9 cm³/mol. The first kappa shape index (κ1) is 9.98. The fourth-order valence-electron chi connectivity index (χ4n) is 1.59. The fourth-order valence-corrected chi connectivity index (χ4v) is 1.59. The molecule has 0 aliphatic carbocycles. The van der Waals surface area contributed by atoms with Gasteiger partial charge in [0.15, 0.2) is 0 Å². The maximum Gasteiger partial charge on any atom is 0.324 e. The molecule has 80 valence electrons. The molecule has 4 heteroatoms. The number of hydrogen-bond acceptors (Lipinski definition) is 2. The molecule has 2 amide bonds. The number of nitrogens with one attached hydrogen (secondary N) is 1. The molecule has 1 aromatic carbocycles. The van der Waals surface area contributed by atoms with Crippen molar-refractivity contribution >= 4 is 11.7 Å². The number of ether oxygens (including phenoxy) is 1. The fraction of sp³-hybridized carbons (Fsp3) is 0.364. The van der Waals surface area contributed by atoms with Crippen LogP contribution >= 0.6 is 0 Å². The number of rotatable bonds is 2. The lowest BCUT2D eigenvalue weighted by atomic mass is 10.2. The summed E-state index contributed by atoms with van der Waals surface area (Å²) in [6.07, 6.45) is -0.209. The smallest absolute Gasteiger partial charge is 0.324 e. The van der Waals surface area contributed by atoms with Crippen molar-refractivity contribution in [2.24, 2.45) is 0 Å². The molecule has 1 aliphatic heterocycles. The van der Waals surface area contributed by atoms with Crippen molar-refractivity contribution in [2.45, 2.75) is 13.2 Å². The average molecular weight is 206 g/mol. The van der Waals surface area contributed by atoms with Crippen LogP contribution in [0.15, 0.2) is 24.3 Å². The van der Waals surface area contributed by atoms with Crippen LogP contribution in [-0.4, -0.2) is 25.9 Å². The second-order valence-electron chi connectivity index (χ2n) is 3.62. The van der Waals surface area contributed by atoms with Gasteiger partial charge >= 0.3 is 6.03 Å². The number of amides is 2. The van der Waals surface area contributed by atoms with Crippen LogP contribution in [-0.2, 0) is 4.74 Å². The van der Waals surface area contributed by atoms with Gasteiger partial charge in [0.05, 0.1) is 6.54 Å². The van der Waals surface area contributed by atoms with Crippen molar-refractivity contribution in [3.05, 3.63) is 29.8 Å². The van der Waals surface area contributed by atoms with E-state index in [4.69, 9.17) is 4.74 Å². The van der Waals surface area contributed by atoms with Gasteiger partial charge in [-0.3, -0.25) is 4.90 Å². The van der Waals surface area contributed by atoms with Gasteiger partial charge in [0, 0.05) is 12.8 Å². The molecule has 0 saturated carbocycles. The molecule has 4 nitrogen and oxygen atoms in total. The Balaban J connectivity index is 2.18. The summed E-state index contributed by atoms with van der Waals surface area (Å²) in [5.41, 5.74) is 2.08. The molecule has 1 heterocycles. The normalized spacial score (nSPS) is 20.5. The number of hydrogen-bond donors (Lipinski definition) is 1. The highest BCUT2D eigenvalue weighted by Gasteiger charge is 2.29. The summed E-state index contributed by atoms with van der Waals surface area (Å²) in [4.78, 5) is 13.2. The molecule has 0 bridgehead atoms. The standard InChI is InChI=1S/C11H14N2O2/c1-8-3-5-9(6-4-8)13-7-10(15-2)12-11(13)14/h3-6,10H,7H2,1-2H3,(H,12,14). The monoisotopic (exact) mass is 206 g/mol. The van der Waals surface area contributed by atoms with E-state index in [9.17, 15) is 4.79 Å². The van der Waals surface area contributed by atoms with Crippen LogP contribution in [0.25, 0.3) is 0 Å². The Bertz CT molecular complexity index is 361. The SMILES string of the molecule is COC1CN(c2ccc(C)cc2)C(=O)N1. The summed E-state index contributed by atoms with van der Waals surface area (Å²) >= 11 is 0. The number of benzene rings is 1. The highest BCUT2D eigenvalue weighted by atomic mass is 16.5. The van der Waals surface area contributed by atoms with E-state index in [1.54, 1.807) is 12.0 Å². The molecule has 0 radical (unpaired) electrons. The summed E-state index contributed by atoms with van der Waals surface area (Å²) < 4.78 is 5.08. The minimum Gasteiger partial charge on any atom is -0.360 e. The van der Waals surface area contributed by atoms with Crippen molar-refractivity contribution in [1.29, 1.82) is 0 Å². The highest BCUT2D eigenvalue weighted by Crippen LogP contribution is 2.18. The third-order valence-corrected chi connectivity index (χ3v) is 2.51. The van der Waals surface area contributed by atoms with E-state index in [2.05, 4.69) is 5.32 Å². The lowest BCUT2D eigenvalue weighted by Gasteiger charge is -2.14. The van der Waals surface area contributed by atoms with E-state index in [-0.39, 0.29) is 12.3 Å². The zero-order chi connectivity index (χ0) is 10.8. The largest absolute Gasteiger partial charge is 0.360 e. The minimum atomic E-state index is -0.209. The van der Waals surface area contributed by atoms with Gasteiger partial charge in [-0.05, 0) is 19.1 Å². The van der Waals surface area contributed by atoms with Gasteiger partial charge in [0.2, 0.25) is 0 Å². The molecule has 1 unspecified atom stereocenters.